The van der Waals surface area contributed by atoms with Crippen molar-refractivity contribution in [1.29, 1.82) is 10.5 Å². The summed E-state index contributed by atoms with van der Waals surface area (Å²) in [6.07, 6.45) is 6.06. The summed E-state index contributed by atoms with van der Waals surface area (Å²) in [5, 5.41) is 28.7. The Bertz CT molecular complexity index is 2450. The Morgan fingerprint density at radius 3 is 1.88 bits per heavy atom. The highest BCUT2D eigenvalue weighted by Crippen LogP contribution is 2.33. The van der Waals surface area contributed by atoms with Gasteiger partial charge in [-0.2, -0.15) is 15.6 Å². The van der Waals surface area contributed by atoms with E-state index in [2.05, 4.69) is 10.6 Å². The summed E-state index contributed by atoms with van der Waals surface area (Å²) < 4.78 is 11.8. The van der Waals surface area contributed by atoms with Crippen molar-refractivity contribution in [3.8, 4) is 23.6 Å². The molecule has 12 nitrogen and oxygen atoms in total. The zero-order valence-electron chi connectivity index (χ0n) is 32.1. The number of benzene rings is 5. The number of amides is 3. The van der Waals surface area contributed by atoms with Crippen molar-refractivity contribution in [2.45, 2.75) is 44.6 Å². The first-order valence-electron chi connectivity index (χ1n) is 18.9. The van der Waals surface area contributed by atoms with E-state index < -0.39 is 5.24 Å². The molecule has 296 valence electrons. The van der Waals surface area contributed by atoms with E-state index >= 15 is 0 Å². The molecule has 7 rings (SSSR count). The molecule has 2 N–H and O–H groups in total. The van der Waals surface area contributed by atoms with Crippen LogP contribution < -0.4 is 20.1 Å². The van der Waals surface area contributed by atoms with Crippen LogP contribution in [0, 0.1) is 22.7 Å². The van der Waals surface area contributed by atoms with Crippen LogP contribution in [-0.2, 0) is 0 Å². The normalized spacial score (nSPS) is 13.4. The Morgan fingerprint density at radius 1 is 0.695 bits per heavy atom. The average molecular weight is 807 g/mol. The van der Waals surface area contributed by atoms with E-state index in [1.54, 1.807) is 92.0 Å². The smallest absolute Gasteiger partial charge is 0.274 e. The number of hydrazone groups is 1. The first-order chi connectivity index (χ1) is 28.6. The highest BCUT2D eigenvalue weighted by atomic mass is 35.5. The first-order valence-corrected chi connectivity index (χ1v) is 19.3. The Labute approximate surface area is 346 Å². The zero-order valence-corrected chi connectivity index (χ0v) is 32.9. The topological polar surface area (TPSA) is 174 Å². The molecule has 2 aliphatic rings. The third kappa shape index (κ3) is 11.0. The summed E-state index contributed by atoms with van der Waals surface area (Å²) in [5.41, 5.74) is 5.26. The van der Waals surface area contributed by atoms with Crippen molar-refractivity contribution in [2.75, 3.05) is 24.3 Å². The molecule has 13 heteroatoms. The maximum Gasteiger partial charge on any atom is 0.274 e. The number of carbonyl (C=O) groups excluding carboxylic acids is 4. The van der Waals surface area contributed by atoms with Crippen LogP contribution in [0.25, 0.3) is 0 Å². The molecule has 0 radical (unpaired) electrons. The largest absolute Gasteiger partial charge is 0.493 e. The number of hydrogen-bond acceptors (Lipinski definition) is 9. The van der Waals surface area contributed by atoms with Crippen molar-refractivity contribution < 1.29 is 28.7 Å². The van der Waals surface area contributed by atoms with Gasteiger partial charge in [-0.3, -0.25) is 19.2 Å². The van der Waals surface area contributed by atoms with Crippen molar-refractivity contribution in [3.05, 3.63) is 154 Å². The minimum atomic E-state index is -0.505. The van der Waals surface area contributed by atoms with Gasteiger partial charge in [-0.25, -0.2) is 5.01 Å². The number of nitrogens with one attached hydrogen (secondary N) is 2. The molecule has 1 saturated carbocycles. The fourth-order valence-corrected chi connectivity index (χ4v) is 6.61. The lowest BCUT2D eigenvalue weighted by Gasteiger charge is -2.24. The number of rotatable bonds is 10. The highest BCUT2D eigenvalue weighted by Gasteiger charge is 2.24. The molecule has 0 bridgehead atoms. The summed E-state index contributed by atoms with van der Waals surface area (Å²) in [7, 11) is 1.63. The summed E-state index contributed by atoms with van der Waals surface area (Å²) in [4.78, 5) is 49.7. The van der Waals surface area contributed by atoms with Crippen LogP contribution >= 0.6 is 11.6 Å². The second-order valence-corrected chi connectivity index (χ2v) is 14.0. The van der Waals surface area contributed by atoms with E-state index in [0.29, 0.717) is 62.8 Å². The molecule has 5 aromatic rings. The van der Waals surface area contributed by atoms with Crippen LogP contribution in [-0.4, -0.2) is 53.4 Å². The van der Waals surface area contributed by atoms with Crippen LogP contribution in [0.3, 0.4) is 0 Å². The number of hydrogen-bond donors (Lipinski definition) is 2. The molecule has 1 fully saturated rings. The first kappa shape index (κ1) is 41.4. The molecule has 1 aliphatic heterocycles. The Hall–Kier alpha value is -7.28. The number of carbonyl (C=O) groups is 4. The summed E-state index contributed by atoms with van der Waals surface area (Å²) in [6.45, 7) is 0.481. The van der Waals surface area contributed by atoms with Gasteiger partial charge >= 0.3 is 0 Å². The van der Waals surface area contributed by atoms with E-state index in [1.807, 2.05) is 30.3 Å². The van der Waals surface area contributed by atoms with Gasteiger partial charge in [0.1, 0.15) is 0 Å². The second kappa shape index (κ2) is 19.7. The SMILES string of the molecule is COc1ccc(C2=NN(C(=O)c3cccc(NC(=O)c4ccc(NC(=O)c5ccc(C#N)cc5)cc4)c3)CCC2)cc1OC1CCCC1.N#Cc1ccc(C(=O)Cl)cc1. The van der Waals surface area contributed by atoms with Crippen molar-refractivity contribution in [2.24, 2.45) is 5.10 Å². The standard InChI is InChI=1S/C38H35N5O5.C8H4ClNO/c1-47-34-20-17-28(23-35(34)48-32-8-2-3-9-32)33-10-5-21-43(42-33)38(46)29-6-4-7-31(22-29)41-37(45)27-15-18-30(19-16-27)40-36(44)26-13-11-25(24-39)12-14-26;9-8(11)7-3-1-6(5-10)2-4-7/h4,6-7,11-20,22-23,32H,2-3,5,8-10,21H2,1H3,(H,40,44)(H,41,45);1-4H. The molecule has 0 saturated heterocycles. The van der Waals surface area contributed by atoms with Crippen LogP contribution in [0.5, 0.6) is 11.5 Å². The van der Waals surface area contributed by atoms with Gasteiger partial charge < -0.3 is 20.1 Å². The summed E-state index contributed by atoms with van der Waals surface area (Å²) in [6, 6.07) is 35.4. The molecule has 3 amide bonds. The van der Waals surface area contributed by atoms with Crippen molar-refractivity contribution in [1.82, 2.24) is 5.01 Å². The van der Waals surface area contributed by atoms with Gasteiger partial charge in [0.15, 0.2) is 11.5 Å². The third-order valence-electron chi connectivity index (χ3n) is 9.64. The quantitative estimate of drug-likeness (QED) is 0.132. The third-order valence-corrected chi connectivity index (χ3v) is 9.86. The van der Waals surface area contributed by atoms with Gasteiger partial charge in [0, 0.05) is 45.7 Å². The fraction of sp³-hybridized carbons (Fsp3) is 0.196. The minimum Gasteiger partial charge on any atom is -0.493 e. The molecule has 0 aromatic heterocycles. The van der Waals surface area contributed by atoms with E-state index in [4.69, 9.17) is 36.7 Å². The molecule has 0 unspecified atom stereocenters. The van der Waals surface area contributed by atoms with Crippen LogP contribution in [0.2, 0.25) is 0 Å². The monoisotopic (exact) mass is 806 g/mol. The number of nitriles is 2. The van der Waals surface area contributed by atoms with Crippen LogP contribution in [0.4, 0.5) is 11.4 Å². The van der Waals surface area contributed by atoms with E-state index in [0.717, 1.165) is 49.8 Å². The van der Waals surface area contributed by atoms with Crippen LogP contribution in [0.1, 0.15) is 96.6 Å². The number of halogens is 1. The molecule has 1 heterocycles. The molecule has 5 aromatic carbocycles. The number of ether oxygens (including phenoxy) is 2. The van der Waals surface area contributed by atoms with Gasteiger partial charge in [-0.1, -0.05) is 6.07 Å². The number of nitrogens with zero attached hydrogens (tertiary/aromatic N) is 4. The Kier molecular flexibility index (Phi) is 13.8. The lowest BCUT2D eigenvalue weighted by Crippen LogP contribution is -2.32. The lowest BCUT2D eigenvalue weighted by atomic mass is 10.0. The predicted molar refractivity (Wildman–Crippen MR) is 224 cm³/mol. The zero-order chi connectivity index (χ0) is 41.7. The average Bonchev–Trinajstić information content (AvgIpc) is 3.80. The molecule has 59 heavy (non-hydrogen) atoms. The molecular weight excluding hydrogens is 768 g/mol. The second-order valence-electron chi connectivity index (χ2n) is 13.7. The molecule has 0 spiro atoms. The van der Waals surface area contributed by atoms with E-state index in [-0.39, 0.29) is 23.8 Å². The van der Waals surface area contributed by atoms with Gasteiger partial charge in [0.05, 0.1) is 42.2 Å². The Balaban J connectivity index is 0.000000461. The van der Waals surface area contributed by atoms with Gasteiger partial charge in [0.2, 0.25) is 0 Å². The van der Waals surface area contributed by atoms with Gasteiger partial charge in [-0.05, 0) is 159 Å². The lowest BCUT2D eigenvalue weighted by molar-refractivity contribution is 0.0751. The summed E-state index contributed by atoms with van der Waals surface area (Å²) >= 11 is 5.18. The van der Waals surface area contributed by atoms with Crippen molar-refractivity contribution in [3.63, 3.8) is 0 Å². The van der Waals surface area contributed by atoms with Gasteiger partial charge in [0.25, 0.3) is 23.0 Å². The molecule has 1 aliphatic carbocycles. The van der Waals surface area contributed by atoms with Crippen LogP contribution in [0.15, 0.2) is 120 Å². The predicted octanol–water partition coefficient (Wildman–Crippen LogP) is 8.97. The maximum absolute atomic E-state index is 13.6. The van der Waals surface area contributed by atoms with E-state index in [9.17, 15) is 19.2 Å². The Morgan fingerprint density at radius 2 is 1.29 bits per heavy atom. The summed E-state index contributed by atoms with van der Waals surface area (Å²) in [5.74, 6) is 0.417. The minimum absolute atomic E-state index is 0.182. The number of anilines is 2. The molecular formula is C46H39ClN6O6. The van der Waals surface area contributed by atoms with Gasteiger partial charge in [-0.15, -0.1) is 0 Å². The fourth-order valence-electron chi connectivity index (χ4n) is 6.49. The number of methoxy groups -OCH3 is 1. The maximum atomic E-state index is 13.6. The highest BCUT2D eigenvalue weighted by molar-refractivity contribution is 6.67. The van der Waals surface area contributed by atoms with E-state index in [1.165, 1.54) is 17.1 Å². The van der Waals surface area contributed by atoms with Crippen molar-refractivity contribution >= 4 is 51.7 Å². The molecule has 0 atom stereocenters.